The molecule has 0 aromatic carbocycles. The Kier molecular flexibility index (Phi) is 4.71. The van der Waals surface area contributed by atoms with Crippen LogP contribution in [0.25, 0.3) is 0 Å². The van der Waals surface area contributed by atoms with E-state index in [4.69, 9.17) is 4.52 Å². The second kappa shape index (κ2) is 6.76. The highest BCUT2D eigenvalue weighted by Gasteiger charge is 2.21. The largest absolute Gasteiger partial charge is 0.339 e. The minimum Gasteiger partial charge on any atom is -0.339 e. The van der Waals surface area contributed by atoms with Crippen LogP contribution in [-0.2, 0) is 24.7 Å². The van der Waals surface area contributed by atoms with Crippen LogP contribution in [0.1, 0.15) is 54.7 Å². The molecular formula is C17H21N5OS. The maximum atomic E-state index is 5.34. The van der Waals surface area contributed by atoms with Crippen LogP contribution in [0, 0.1) is 6.92 Å². The normalized spacial score (nSPS) is 11.8. The predicted octanol–water partition coefficient (Wildman–Crippen LogP) is 3.30. The van der Waals surface area contributed by atoms with Gasteiger partial charge >= 0.3 is 0 Å². The van der Waals surface area contributed by atoms with Crippen molar-refractivity contribution in [3.63, 3.8) is 0 Å². The fourth-order valence-electron chi connectivity index (χ4n) is 2.21. The van der Waals surface area contributed by atoms with Crippen molar-refractivity contribution in [3.05, 3.63) is 51.6 Å². The molecular weight excluding hydrogens is 322 g/mol. The number of rotatable bonds is 5. The van der Waals surface area contributed by atoms with Crippen molar-refractivity contribution in [1.29, 1.82) is 0 Å². The Morgan fingerprint density at radius 1 is 1.08 bits per heavy atom. The fourth-order valence-corrected chi connectivity index (χ4v) is 2.86. The third-order valence-electron chi connectivity index (χ3n) is 3.51. The molecule has 0 saturated carbocycles. The quantitative estimate of drug-likeness (QED) is 0.707. The minimum atomic E-state index is -0.121. The van der Waals surface area contributed by atoms with E-state index in [0.717, 1.165) is 35.1 Å². The fraction of sp³-hybridized carbons (Fsp3) is 0.471. The third kappa shape index (κ3) is 4.23. The van der Waals surface area contributed by atoms with Gasteiger partial charge in [-0.25, -0.2) is 15.0 Å². The maximum Gasteiger partial charge on any atom is 0.232 e. The summed E-state index contributed by atoms with van der Waals surface area (Å²) in [5.74, 6) is 2.11. The van der Waals surface area contributed by atoms with E-state index >= 15 is 0 Å². The second-order valence-electron chi connectivity index (χ2n) is 6.76. The van der Waals surface area contributed by atoms with Gasteiger partial charge in [-0.15, -0.1) is 11.3 Å². The summed E-state index contributed by atoms with van der Waals surface area (Å²) in [6.07, 6.45) is 3.93. The Bertz CT molecular complexity index is 818. The van der Waals surface area contributed by atoms with E-state index in [0.29, 0.717) is 18.1 Å². The molecule has 0 N–H and O–H groups in total. The van der Waals surface area contributed by atoms with Crippen LogP contribution in [0.2, 0.25) is 0 Å². The number of aromatic nitrogens is 5. The molecule has 3 rings (SSSR count). The lowest BCUT2D eigenvalue weighted by Crippen LogP contribution is -2.13. The van der Waals surface area contributed by atoms with E-state index in [1.165, 1.54) is 0 Å². The standard InChI is InChI=1S/C17H21N5OS/c1-11-19-13(10-24-11)5-6-14-18-8-7-12(20-14)9-15-21-16(22-23-15)17(2,3)4/h7-8,10H,5-6,9H2,1-4H3. The van der Waals surface area contributed by atoms with Gasteiger partial charge in [-0.3, -0.25) is 0 Å². The number of hydrogen-bond acceptors (Lipinski definition) is 7. The summed E-state index contributed by atoms with van der Waals surface area (Å²) in [7, 11) is 0. The Labute approximate surface area is 145 Å². The van der Waals surface area contributed by atoms with Crippen molar-refractivity contribution in [3.8, 4) is 0 Å². The smallest absolute Gasteiger partial charge is 0.232 e. The average Bonchev–Trinajstić information content (AvgIpc) is 3.14. The minimum absolute atomic E-state index is 0.121. The molecule has 0 fully saturated rings. The topological polar surface area (TPSA) is 77.6 Å². The van der Waals surface area contributed by atoms with Crippen molar-refractivity contribution in [2.45, 2.75) is 52.4 Å². The van der Waals surface area contributed by atoms with Gasteiger partial charge in [0.2, 0.25) is 5.89 Å². The summed E-state index contributed by atoms with van der Waals surface area (Å²) >= 11 is 1.67. The maximum absolute atomic E-state index is 5.34. The Morgan fingerprint density at radius 3 is 2.58 bits per heavy atom. The lowest BCUT2D eigenvalue weighted by molar-refractivity contribution is 0.367. The van der Waals surface area contributed by atoms with Gasteiger partial charge in [0.05, 0.1) is 22.8 Å². The highest BCUT2D eigenvalue weighted by molar-refractivity contribution is 7.09. The highest BCUT2D eigenvalue weighted by Crippen LogP contribution is 2.19. The SMILES string of the molecule is Cc1nc(CCc2nccc(Cc3nc(C(C)(C)C)no3)n2)cs1. The molecule has 0 saturated heterocycles. The number of aryl methyl sites for hydroxylation is 3. The van der Waals surface area contributed by atoms with Crippen LogP contribution in [-0.4, -0.2) is 25.1 Å². The van der Waals surface area contributed by atoms with Crippen molar-refractivity contribution < 1.29 is 4.52 Å². The van der Waals surface area contributed by atoms with Gasteiger partial charge in [0, 0.05) is 23.4 Å². The van der Waals surface area contributed by atoms with Gasteiger partial charge in [0.15, 0.2) is 5.82 Å². The van der Waals surface area contributed by atoms with Gasteiger partial charge in [-0.05, 0) is 19.4 Å². The highest BCUT2D eigenvalue weighted by atomic mass is 32.1. The molecule has 3 aromatic heterocycles. The molecule has 126 valence electrons. The molecule has 0 bridgehead atoms. The molecule has 0 unspecified atom stereocenters. The predicted molar refractivity (Wildman–Crippen MR) is 92.1 cm³/mol. The first kappa shape index (κ1) is 16.7. The zero-order chi connectivity index (χ0) is 17.2. The molecule has 3 aromatic rings. The molecule has 0 spiro atoms. The van der Waals surface area contributed by atoms with Crippen molar-refractivity contribution in [2.75, 3.05) is 0 Å². The summed E-state index contributed by atoms with van der Waals surface area (Å²) < 4.78 is 5.34. The molecule has 0 aliphatic rings. The average molecular weight is 343 g/mol. The summed E-state index contributed by atoms with van der Waals surface area (Å²) in [6, 6.07) is 1.89. The van der Waals surface area contributed by atoms with Gasteiger partial charge in [0.1, 0.15) is 5.82 Å². The van der Waals surface area contributed by atoms with Gasteiger partial charge in [-0.2, -0.15) is 4.98 Å². The van der Waals surface area contributed by atoms with E-state index in [9.17, 15) is 0 Å². The zero-order valence-electron chi connectivity index (χ0n) is 14.4. The second-order valence-corrected chi connectivity index (χ2v) is 7.82. The van der Waals surface area contributed by atoms with Crippen molar-refractivity contribution in [2.24, 2.45) is 0 Å². The molecule has 24 heavy (non-hydrogen) atoms. The lowest BCUT2D eigenvalue weighted by Gasteiger charge is -2.10. The first-order valence-corrected chi connectivity index (χ1v) is 8.83. The molecule has 0 aliphatic heterocycles. The van der Waals surface area contributed by atoms with E-state index in [1.54, 1.807) is 17.5 Å². The van der Waals surface area contributed by atoms with Crippen LogP contribution >= 0.6 is 11.3 Å². The Morgan fingerprint density at radius 2 is 1.92 bits per heavy atom. The summed E-state index contributed by atoms with van der Waals surface area (Å²) in [5, 5.41) is 7.23. The summed E-state index contributed by atoms with van der Waals surface area (Å²) in [5.41, 5.74) is 1.86. The van der Waals surface area contributed by atoms with E-state index in [1.807, 2.05) is 13.0 Å². The van der Waals surface area contributed by atoms with Gasteiger partial charge < -0.3 is 4.52 Å². The number of nitrogens with zero attached hydrogens (tertiary/aromatic N) is 5. The summed E-state index contributed by atoms with van der Waals surface area (Å²) in [6.45, 7) is 8.20. The zero-order valence-corrected chi connectivity index (χ0v) is 15.2. The van der Waals surface area contributed by atoms with E-state index < -0.39 is 0 Å². The van der Waals surface area contributed by atoms with Crippen LogP contribution < -0.4 is 0 Å². The van der Waals surface area contributed by atoms with Crippen LogP contribution in [0.15, 0.2) is 22.2 Å². The van der Waals surface area contributed by atoms with Crippen LogP contribution in [0.4, 0.5) is 0 Å². The van der Waals surface area contributed by atoms with Gasteiger partial charge in [-0.1, -0.05) is 25.9 Å². The summed E-state index contributed by atoms with van der Waals surface area (Å²) in [4.78, 5) is 17.9. The van der Waals surface area contributed by atoms with E-state index in [-0.39, 0.29) is 5.41 Å². The molecule has 0 aliphatic carbocycles. The first-order chi connectivity index (χ1) is 11.4. The van der Waals surface area contributed by atoms with Gasteiger partial charge in [0.25, 0.3) is 0 Å². The Balaban J connectivity index is 1.65. The number of thiazole rings is 1. The van der Waals surface area contributed by atoms with Crippen LogP contribution in [0.3, 0.4) is 0 Å². The van der Waals surface area contributed by atoms with Crippen LogP contribution in [0.5, 0.6) is 0 Å². The molecule has 0 radical (unpaired) electrons. The number of hydrogen-bond donors (Lipinski definition) is 0. The van der Waals surface area contributed by atoms with Crippen molar-refractivity contribution >= 4 is 11.3 Å². The molecule has 0 amide bonds. The Hall–Kier alpha value is -2.15. The molecule has 0 atom stereocenters. The molecule has 6 nitrogen and oxygen atoms in total. The monoisotopic (exact) mass is 343 g/mol. The molecule has 7 heteroatoms. The molecule has 3 heterocycles. The lowest BCUT2D eigenvalue weighted by atomic mass is 9.96. The van der Waals surface area contributed by atoms with E-state index in [2.05, 4.69) is 51.2 Å². The first-order valence-electron chi connectivity index (χ1n) is 7.95. The third-order valence-corrected chi connectivity index (χ3v) is 4.33. The van der Waals surface area contributed by atoms with Crippen molar-refractivity contribution in [1.82, 2.24) is 25.1 Å².